The summed E-state index contributed by atoms with van der Waals surface area (Å²) in [7, 11) is 0. The maximum Gasteiger partial charge on any atom is 0.349 e. The molecular formula is C31H42O8S2. The van der Waals surface area contributed by atoms with Crippen LogP contribution in [0.15, 0.2) is 48.5 Å². The molecule has 1 fully saturated rings. The summed E-state index contributed by atoms with van der Waals surface area (Å²) in [6.07, 6.45) is -2.60. The topological polar surface area (TPSA) is 123 Å². The number of hydrogen-bond acceptors (Lipinski definition) is 10. The van der Waals surface area contributed by atoms with Crippen molar-refractivity contribution in [1.29, 1.82) is 0 Å². The predicted octanol–water partition coefficient (Wildman–Crippen LogP) is 4.56. The maximum atomic E-state index is 12.4. The first kappa shape index (κ1) is 33.1. The molecule has 0 spiro atoms. The second-order valence-corrected chi connectivity index (χ2v) is 14.0. The highest BCUT2D eigenvalue weighted by molar-refractivity contribution is 7.99. The van der Waals surface area contributed by atoms with Crippen molar-refractivity contribution in [1.82, 2.24) is 0 Å². The lowest BCUT2D eigenvalue weighted by Gasteiger charge is -2.28. The summed E-state index contributed by atoms with van der Waals surface area (Å²) >= 11 is 2.72. The van der Waals surface area contributed by atoms with Gasteiger partial charge in [0.15, 0.2) is 0 Å². The lowest BCUT2D eigenvalue weighted by atomic mass is 9.78. The second kappa shape index (κ2) is 14.7. The molecule has 4 atom stereocenters. The third-order valence-corrected chi connectivity index (χ3v) is 9.26. The molecule has 1 aliphatic rings. The Labute approximate surface area is 251 Å². The summed E-state index contributed by atoms with van der Waals surface area (Å²) in [4.78, 5) is 24.7. The molecule has 3 N–H and O–H groups in total. The Morgan fingerprint density at radius 2 is 1.34 bits per heavy atom. The van der Waals surface area contributed by atoms with Gasteiger partial charge in [0.25, 0.3) is 0 Å². The first-order valence-electron chi connectivity index (χ1n) is 13.7. The Bertz CT molecular complexity index is 1130. The van der Waals surface area contributed by atoms with Crippen LogP contribution in [-0.2, 0) is 24.5 Å². The predicted molar refractivity (Wildman–Crippen MR) is 163 cm³/mol. The highest BCUT2D eigenvalue weighted by atomic mass is 32.2. The number of cyclic esters (lactones) is 2. The van der Waals surface area contributed by atoms with Gasteiger partial charge in [0, 0.05) is 22.7 Å². The van der Waals surface area contributed by atoms with Crippen LogP contribution in [0.3, 0.4) is 0 Å². The van der Waals surface area contributed by atoms with Gasteiger partial charge in [-0.3, -0.25) is 0 Å². The smallest absolute Gasteiger partial charge is 0.349 e. The number of aromatic hydroxyl groups is 1. The van der Waals surface area contributed by atoms with Crippen LogP contribution >= 0.6 is 23.5 Å². The summed E-state index contributed by atoms with van der Waals surface area (Å²) in [5, 5.41) is 30.0. The number of rotatable bonds is 14. The first-order chi connectivity index (χ1) is 19.3. The molecule has 1 heterocycles. The van der Waals surface area contributed by atoms with E-state index in [9.17, 15) is 24.9 Å². The van der Waals surface area contributed by atoms with Crippen molar-refractivity contribution in [3.8, 4) is 11.5 Å². The van der Waals surface area contributed by atoms with Crippen LogP contribution < -0.4 is 4.74 Å². The van der Waals surface area contributed by atoms with E-state index < -0.39 is 36.4 Å². The average molecular weight is 607 g/mol. The molecule has 3 rings (SSSR count). The second-order valence-electron chi connectivity index (χ2n) is 11.8. The fourth-order valence-corrected chi connectivity index (χ4v) is 6.01. The largest absolute Gasteiger partial charge is 0.508 e. The molecule has 0 amide bonds. The minimum atomic E-state index is -1.01. The van der Waals surface area contributed by atoms with E-state index in [1.807, 2.05) is 57.2 Å². The molecule has 0 aliphatic carbocycles. The highest BCUT2D eigenvalue weighted by Crippen LogP contribution is 2.33. The van der Waals surface area contributed by atoms with Crippen molar-refractivity contribution < 1.29 is 39.1 Å². The number of hydrogen-bond donors (Lipinski definition) is 3. The third kappa shape index (κ3) is 9.84. The van der Waals surface area contributed by atoms with Crippen LogP contribution in [0.4, 0.5) is 0 Å². The Morgan fingerprint density at radius 3 is 1.88 bits per heavy atom. The van der Waals surface area contributed by atoms with E-state index >= 15 is 0 Å². The number of carbonyl (C=O) groups excluding carboxylic acids is 2. The van der Waals surface area contributed by atoms with Crippen molar-refractivity contribution in [2.24, 2.45) is 5.41 Å². The van der Waals surface area contributed by atoms with E-state index in [0.717, 1.165) is 11.1 Å². The number of phenolic OH excluding ortho intramolecular Hbond substituents is 1. The molecule has 1 aliphatic heterocycles. The van der Waals surface area contributed by atoms with E-state index in [4.69, 9.17) is 14.2 Å². The summed E-state index contributed by atoms with van der Waals surface area (Å²) < 4.78 is 16.4. The van der Waals surface area contributed by atoms with Gasteiger partial charge in [0.1, 0.15) is 18.1 Å². The zero-order valence-corrected chi connectivity index (χ0v) is 26.0. The number of phenols is 1. The number of esters is 2. The van der Waals surface area contributed by atoms with Gasteiger partial charge in [0.05, 0.1) is 12.2 Å². The van der Waals surface area contributed by atoms with Crippen LogP contribution in [0.5, 0.6) is 11.5 Å². The van der Waals surface area contributed by atoms with Crippen molar-refractivity contribution in [3.63, 3.8) is 0 Å². The zero-order valence-electron chi connectivity index (χ0n) is 24.4. The summed E-state index contributed by atoms with van der Waals surface area (Å²) in [6.45, 7) is 10.2. The molecule has 10 heteroatoms. The zero-order chi connectivity index (χ0) is 30.2. The van der Waals surface area contributed by atoms with Gasteiger partial charge in [-0.05, 0) is 53.0 Å². The van der Waals surface area contributed by atoms with Gasteiger partial charge in [0.2, 0.25) is 12.2 Å². The number of ether oxygens (including phenoxy) is 3. The van der Waals surface area contributed by atoms with Crippen molar-refractivity contribution >= 4 is 35.5 Å². The highest BCUT2D eigenvalue weighted by Gasteiger charge is 2.38. The van der Waals surface area contributed by atoms with Gasteiger partial charge >= 0.3 is 11.9 Å². The van der Waals surface area contributed by atoms with Crippen LogP contribution in [0, 0.1) is 5.41 Å². The van der Waals surface area contributed by atoms with E-state index in [-0.39, 0.29) is 34.7 Å². The number of benzene rings is 2. The van der Waals surface area contributed by atoms with E-state index in [1.165, 1.54) is 23.5 Å². The maximum absolute atomic E-state index is 12.4. The molecule has 8 nitrogen and oxygen atoms in total. The van der Waals surface area contributed by atoms with E-state index in [1.54, 1.807) is 12.1 Å². The quantitative estimate of drug-likeness (QED) is 0.208. The van der Waals surface area contributed by atoms with Crippen molar-refractivity contribution in [2.45, 2.75) is 70.9 Å². The van der Waals surface area contributed by atoms with Crippen LogP contribution in [-0.4, -0.2) is 81.3 Å². The number of aliphatic hydroxyl groups excluding tert-OH is 2. The summed E-state index contributed by atoms with van der Waals surface area (Å²) in [5.74, 6) is 1.10. The average Bonchev–Trinajstić information content (AvgIpc) is 2.92. The lowest BCUT2D eigenvalue weighted by Crippen LogP contribution is -2.46. The molecule has 4 unspecified atom stereocenters. The van der Waals surface area contributed by atoms with Gasteiger partial charge in [-0.1, -0.05) is 58.9 Å². The normalized spacial score (nSPS) is 19.3. The number of aliphatic hydroxyl groups is 2. The lowest BCUT2D eigenvalue weighted by molar-refractivity contribution is -0.190. The van der Waals surface area contributed by atoms with Gasteiger partial charge in [-0.25, -0.2) is 9.59 Å². The fraction of sp³-hybridized carbons (Fsp3) is 0.548. The van der Waals surface area contributed by atoms with Gasteiger partial charge in [-0.2, -0.15) is 23.5 Å². The number of thioether (sulfide) groups is 2. The van der Waals surface area contributed by atoms with Gasteiger partial charge in [-0.15, -0.1) is 0 Å². The molecule has 0 aromatic heterocycles. The molecule has 2 aromatic rings. The monoisotopic (exact) mass is 606 g/mol. The van der Waals surface area contributed by atoms with Crippen LogP contribution in [0.2, 0.25) is 0 Å². The molecule has 41 heavy (non-hydrogen) atoms. The minimum absolute atomic E-state index is 0.0752. The molecule has 1 saturated heterocycles. The van der Waals surface area contributed by atoms with Gasteiger partial charge < -0.3 is 29.5 Å². The number of carbonyl (C=O) groups is 2. The van der Waals surface area contributed by atoms with Crippen molar-refractivity contribution in [2.75, 3.05) is 29.6 Å². The first-order valence-corrected chi connectivity index (χ1v) is 16.0. The van der Waals surface area contributed by atoms with Crippen LogP contribution in [0.1, 0.15) is 52.2 Å². The third-order valence-electron chi connectivity index (χ3n) is 7.03. The fourth-order valence-electron chi connectivity index (χ4n) is 4.12. The SMILES string of the molecule is CC(C)(c1ccc(O)cc1)c1ccc(OCC(O)CSCC2OC(=O)C(CSCCC(O)C(C)(C)C)OC2=O)cc1. The van der Waals surface area contributed by atoms with E-state index in [0.29, 0.717) is 23.7 Å². The minimum Gasteiger partial charge on any atom is -0.508 e. The molecular weight excluding hydrogens is 564 g/mol. The molecule has 226 valence electrons. The van der Waals surface area contributed by atoms with Crippen LogP contribution in [0.25, 0.3) is 0 Å². The summed E-state index contributed by atoms with van der Waals surface area (Å²) in [5.41, 5.74) is 1.69. The standard InChI is InChI=1S/C31H42O8S2/c1-30(2,3)27(34)14-15-40-18-25-28(35)39-26(29(36)38-25)19-41-17-23(33)16-37-24-12-8-21(9-13-24)31(4,5)20-6-10-22(32)11-7-20/h6-13,23,25-27,32-34H,14-19H2,1-5H3. The molecule has 2 aromatic carbocycles. The Balaban J connectivity index is 1.35. The molecule has 0 saturated carbocycles. The van der Waals surface area contributed by atoms with E-state index in [2.05, 4.69) is 13.8 Å². The Hall–Kier alpha value is -2.40. The van der Waals surface area contributed by atoms with Crippen molar-refractivity contribution in [3.05, 3.63) is 59.7 Å². The Morgan fingerprint density at radius 1 is 0.829 bits per heavy atom. The summed E-state index contributed by atoms with van der Waals surface area (Å²) in [6, 6.07) is 14.8. The Kier molecular flexibility index (Phi) is 11.8. The molecule has 0 bridgehead atoms. The molecule has 0 radical (unpaired) electrons.